The number of carbonyl (C=O) groups excluding carboxylic acids is 1. The van der Waals surface area contributed by atoms with E-state index in [1.165, 1.54) is 0 Å². The fraction of sp³-hybridized carbons (Fsp3) is 0.700. The number of rotatable bonds is 1. The molecule has 1 fully saturated rings. The Morgan fingerprint density at radius 2 is 2.31 bits per heavy atom. The third-order valence-corrected chi connectivity index (χ3v) is 2.93. The maximum atomic E-state index is 11.8. The molecule has 3 unspecified atom stereocenters. The molecular formula is C10H15NO2. The summed E-state index contributed by atoms with van der Waals surface area (Å²) >= 11 is 0. The third kappa shape index (κ3) is 1.10. The number of hydrogen-bond acceptors (Lipinski definition) is 2. The number of aliphatic hydroxyl groups excluding tert-OH is 1. The molecule has 0 aromatic carbocycles. The second kappa shape index (κ2) is 2.84. The Labute approximate surface area is 78.0 Å². The Morgan fingerprint density at radius 1 is 1.62 bits per heavy atom. The molecule has 72 valence electrons. The normalized spacial score (nSPS) is 37.7. The molecule has 1 saturated heterocycles. The number of carbonyl (C=O) groups is 1. The van der Waals surface area contributed by atoms with Crippen LogP contribution in [0.2, 0.25) is 0 Å². The predicted octanol–water partition coefficient (Wildman–Crippen LogP) is 0.543. The van der Waals surface area contributed by atoms with E-state index < -0.39 is 6.10 Å². The zero-order valence-electron chi connectivity index (χ0n) is 7.97. The first-order chi connectivity index (χ1) is 6.13. The first kappa shape index (κ1) is 8.75. The monoisotopic (exact) mass is 181 g/mol. The van der Waals surface area contributed by atoms with E-state index in [0.717, 1.165) is 0 Å². The average molecular weight is 181 g/mol. The van der Waals surface area contributed by atoms with Gasteiger partial charge in [-0.1, -0.05) is 12.2 Å². The van der Waals surface area contributed by atoms with Gasteiger partial charge in [0, 0.05) is 6.04 Å². The van der Waals surface area contributed by atoms with E-state index in [0.29, 0.717) is 6.42 Å². The van der Waals surface area contributed by atoms with Gasteiger partial charge in [0.15, 0.2) is 0 Å². The lowest BCUT2D eigenvalue weighted by Gasteiger charge is -2.27. The molecular weight excluding hydrogens is 166 g/mol. The van der Waals surface area contributed by atoms with E-state index in [4.69, 9.17) is 0 Å². The minimum Gasteiger partial charge on any atom is -0.390 e. The maximum absolute atomic E-state index is 11.8. The molecule has 1 aliphatic heterocycles. The second-order valence-corrected chi connectivity index (χ2v) is 4.09. The molecule has 1 N–H and O–H groups in total. The highest BCUT2D eigenvalue weighted by Crippen LogP contribution is 2.34. The molecule has 0 saturated carbocycles. The van der Waals surface area contributed by atoms with Crippen molar-refractivity contribution >= 4 is 5.91 Å². The Kier molecular flexibility index (Phi) is 1.91. The van der Waals surface area contributed by atoms with Crippen LogP contribution in [0.3, 0.4) is 0 Å². The van der Waals surface area contributed by atoms with Crippen LogP contribution in [0.1, 0.15) is 20.3 Å². The summed E-state index contributed by atoms with van der Waals surface area (Å²) in [4.78, 5) is 13.6. The molecule has 1 amide bonds. The molecule has 13 heavy (non-hydrogen) atoms. The van der Waals surface area contributed by atoms with Crippen LogP contribution in [0, 0.1) is 5.92 Å². The lowest BCUT2D eigenvalue weighted by atomic mass is 9.93. The lowest BCUT2D eigenvalue weighted by molar-refractivity contribution is -0.133. The molecule has 3 nitrogen and oxygen atoms in total. The first-order valence-corrected chi connectivity index (χ1v) is 4.80. The number of fused-ring (bicyclic) bond motifs is 2. The Morgan fingerprint density at radius 3 is 2.85 bits per heavy atom. The van der Waals surface area contributed by atoms with Gasteiger partial charge in [0.1, 0.15) is 0 Å². The third-order valence-electron chi connectivity index (χ3n) is 2.93. The largest absolute Gasteiger partial charge is 0.390 e. The summed E-state index contributed by atoms with van der Waals surface area (Å²) in [6.45, 7) is 3.97. The summed E-state index contributed by atoms with van der Waals surface area (Å²) in [6, 6.07) is 0.103. The summed E-state index contributed by atoms with van der Waals surface area (Å²) in [5.74, 6) is -0.0742. The van der Waals surface area contributed by atoms with Crippen molar-refractivity contribution in [2.75, 3.05) is 0 Å². The number of aliphatic hydroxyl groups is 1. The summed E-state index contributed by atoms with van der Waals surface area (Å²) in [6.07, 6.45) is 4.16. The van der Waals surface area contributed by atoms with E-state index in [2.05, 4.69) is 0 Å². The van der Waals surface area contributed by atoms with Crippen molar-refractivity contribution in [1.82, 2.24) is 4.90 Å². The highest BCUT2D eigenvalue weighted by molar-refractivity contribution is 5.84. The van der Waals surface area contributed by atoms with Gasteiger partial charge < -0.3 is 10.0 Å². The Bertz CT molecular complexity index is 260. The summed E-state index contributed by atoms with van der Waals surface area (Å²) in [5.41, 5.74) is 0. The van der Waals surface area contributed by atoms with Crippen molar-refractivity contribution in [2.45, 2.75) is 38.5 Å². The topological polar surface area (TPSA) is 40.5 Å². The van der Waals surface area contributed by atoms with Gasteiger partial charge in [-0.05, 0) is 20.3 Å². The van der Waals surface area contributed by atoms with Gasteiger partial charge in [-0.15, -0.1) is 0 Å². The molecule has 0 aromatic heterocycles. The van der Waals surface area contributed by atoms with E-state index in [1.807, 2.05) is 26.0 Å². The van der Waals surface area contributed by atoms with E-state index >= 15 is 0 Å². The fourth-order valence-electron chi connectivity index (χ4n) is 2.30. The Balaban J connectivity index is 2.32. The van der Waals surface area contributed by atoms with Gasteiger partial charge in [-0.25, -0.2) is 0 Å². The van der Waals surface area contributed by atoms with Gasteiger partial charge in [0.25, 0.3) is 0 Å². The van der Waals surface area contributed by atoms with Crippen LogP contribution in [0.15, 0.2) is 12.2 Å². The summed E-state index contributed by atoms with van der Waals surface area (Å²) in [7, 11) is 0. The minimum atomic E-state index is -0.486. The van der Waals surface area contributed by atoms with Crippen molar-refractivity contribution in [1.29, 1.82) is 0 Å². The van der Waals surface area contributed by atoms with Crippen molar-refractivity contribution in [2.24, 2.45) is 5.92 Å². The zero-order chi connectivity index (χ0) is 9.59. The van der Waals surface area contributed by atoms with E-state index in [-0.39, 0.29) is 23.9 Å². The zero-order valence-corrected chi connectivity index (χ0v) is 7.97. The number of hydrogen-bond donors (Lipinski definition) is 1. The second-order valence-electron chi connectivity index (χ2n) is 4.09. The van der Waals surface area contributed by atoms with E-state index in [1.54, 1.807) is 4.90 Å². The molecule has 3 atom stereocenters. The highest BCUT2D eigenvalue weighted by Gasteiger charge is 2.47. The standard InChI is InChI=1S/C10H15NO2/c1-6(2)11-8-5-3-4-7(9(8)12)10(11)13/h3,5-9,12H,4H2,1-2H3. The highest BCUT2D eigenvalue weighted by atomic mass is 16.3. The molecule has 3 heteroatoms. The number of likely N-dealkylation sites (tertiary alicyclic amines) is 1. The molecule has 2 rings (SSSR count). The van der Waals surface area contributed by atoms with Crippen LogP contribution >= 0.6 is 0 Å². The molecule has 0 aromatic rings. The smallest absolute Gasteiger partial charge is 0.229 e. The minimum absolute atomic E-state index is 0.0775. The summed E-state index contributed by atoms with van der Waals surface area (Å²) in [5, 5.41) is 9.78. The van der Waals surface area contributed by atoms with Crippen molar-refractivity contribution < 1.29 is 9.90 Å². The first-order valence-electron chi connectivity index (χ1n) is 4.80. The SMILES string of the molecule is CC(C)N1C(=O)C2CC=CC1C2O. The molecule has 2 aliphatic rings. The van der Waals surface area contributed by atoms with Crippen LogP contribution < -0.4 is 0 Å². The maximum Gasteiger partial charge on any atom is 0.229 e. The van der Waals surface area contributed by atoms with Crippen LogP contribution in [-0.4, -0.2) is 34.1 Å². The van der Waals surface area contributed by atoms with Crippen molar-refractivity contribution in [3.63, 3.8) is 0 Å². The molecule has 2 bridgehead atoms. The average Bonchev–Trinajstić information content (AvgIpc) is 2.24. The molecule has 1 heterocycles. The van der Waals surface area contributed by atoms with Gasteiger partial charge in [-0.2, -0.15) is 0 Å². The van der Waals surface area contributed by atoms with Crippen LogP contribution in [0.5, 0.6) is 0 Å². The number of amides is 1. The van der Waals surface area contributed by atoms with Gasteiger partial charge in [-0.3, -0.25) is 4.79 Å². The molecule has 0 radical (unpaired) electrons. The van der Waals surface area contributed by atoms with Crippen molar-refractivity contribution in [3.05, 3.63) is 12.2 Å². The summed E-state index contributed by atoms with van der Waals surface area (Å²) < 4.78 is 0. The van der Waals surface area contributed by atoms with Gasteiger partial charge >= 0.3 is 0 Å². The van der Waals surface area contributed by atoms with Crippen LogP contribution in [0.25, 0.3) is 0 Å². The molecule has 1 aliphatic carbocycles. The number of nitrogens with zero attached hydrogens (tertiary/aromatic N) is 1. The van der Waals surface area contributed by atoms with Crippen molar-refractivity contribution in [3.8, 4) is 0 Å². The quantitative estimate of drug-likeness (QED) is 0.600. The van der Waals surface area contributed by atoms with Gasteiger partial charge in [0.2, 0.25) is 5.91 Å². The predicted molar refractivity (Wildman–Crippen MR) is 49.0 cm³/mol. The van der Waals surface area contributed by atoms with E-state index in [9.17, 15) is 9.90 Å². The van der Waals surface area contributed by atoms with Gasteiger partial charge in [0.05, 0.1) is 18.1 Å². The fourth-order valence-corrected chi connectivity index (χ4v) is 2.30. The molecule has 0 spiro atoms. The Hall–Kier alpha value is -0.830. The van der Waals surface area contributed by atoms with Crippen LogP contribution in [-0.2, 0) is 4.79 Å². The lowest BCUT2D eigenvalue weighted by Crippen LogP contribution is -2.40. The van der Waals surface area contributed by atoms with Crippen LogP contribution in [0.4, 0.5) is 0 Å². The number of allylic oxidation sites excluding steroid dienone is 1.